The summed E-state index contributed by atoms with van der Waals surface area (Å²) in [6, 6.07) is 13.6. The van der Waals surface area contributed by atoms with Crippen molar-refractivity contribution < 1.29 is 9.53 Å². The smallest absolute Gasteiger partial charge is 0.408 e. The topological polar surface area (TPSA) is 54.1 Å². The number of fused-ring (bicyclic) bond motifs is 3. The highest BCUT2D eigenvalue weighted by molar-refractivity contribution is 6.09. The van der Waals surface area contributed by atoms with Crippen LogP contribution < -0.4 is 10.1 Å². The van der Waals surface area contributed by atoms with Gasteiger partial charge in [0.2, 0.25) is 0 Å². The molecule has 0 unspecified atom stereocenters. The first kappa shape index (κ1) is 10.7. The standard InChI is InChI=1S/C14H12N2O2/c1-15-14(17)18-12-8-4-6-10-9-5-2-3-7-11(9)16-13(10)12/h2-8,16H,1H3,(H,15,17). The van der Waals surface area contributed by atoms with Gasteiger partial charge in [-0.3, -0.25) is 0 Å². The van der Waals surface area contributed by atoms with Crippen LogP contribution in [0.2, 0.25) is 0 Å². The lowest BCUT2D eigenvalue weighted by Gasteiger charge is -2.03. The highest BCUT2D eigenvalue weighted by atomic mass is 16.6. The summed E-state index contributed by atoms with van der Waals surface area (Å²) < 4.78 is 5.23. The van der Waals surface area contributed by atoms with E-state index in [1.54, 1.807) is 6.07 Å². The van der Waals surface area contributed by atoms with Crippen LogP contribution in [0.4, 0.5) is 4.79 Å². The van der Waals surface area contributed by atoms with Gasteiger partial charge in [0, 0.05) is 23.3 Å². The SMILES string of the molecule is CNC(=O)Oc1cccc2c1[nH]c1ccccc12. The summed E-state index contributed by atoms with van der Waals surface area (Å²) >= 11 is 0. The van der Waals surface area contributed by atoms with Gasteiger partial charge >= 0.3 is 6.09 Å². The number of aromatic nitrogens is 1. The van der Waals surface area contributed by atoms with Gasteiger partial charge in [-0.2, -0.15) is 0 Å². The van der Waals surface area contributed by atoms with Crippen molar-refractivity contribution in [3.8, 4) is 5.75 Å². The fraction of sp³-hybridized carbons (Fsp3) is 0.0714. The molecule has 1 amide bonds. The number of nitrogens with one attached hydrogen (secondary N) is 2. The molecule has 4 nitrogen and oxygen atoms in total. The fourth-order valence-electron chi connectivity index (χ4n) is 2.08. The molecule has 0 spiro atoms. The molecule has 3 aromatic rings. The third-order valence-electron chi connectivity index (χ3n) is 2.91. The third kappa shape index (κ3) is 1.59. The van der Waals surface area contributed by atoms with E-state index < -0.39 is 6.09 Å². The summed E-state index contributed by atoms with van der Waals surface area (Å²) in [5.74, 6) is 0.531. The number of H-pyrrole nitrogens is 1. The molecule has 0 saturated carbocycles. The van der Waals surface area contributed by atoms with Gasteiger partial charge < -0.3 is 15.0 Å². The molecule has 2 N–H and O–H groups in total. The lowest BCUT2D eigenvalue weighted by Crippen LogP contribution is -2.22. The molecular formula is C14H12N2O2. The largest absolute Gasteiger partial charge is 0.412 e. The molecule has 0 bridgehead atoms. The van der Waals surface area contributed by atoms with E-state index in [2.05, 4.69) is 10.3 Å². The molecule has 0 aliphatic carbocycles. The first-order chi connectivity index (χ1) is 8.79. The number of benzene rings is 2. The van der Waals surface area contributed by atoms with Crippen LogP contribution in [0.15, 0.2) is 42.5 Å². The number of hydrogen-bond donors (Lipinski definition) is 2. The molecule has 2 aromatic carbocycles. The van der Waals surface area contributed by atoms with Gasteiger partial charge in [0.15, 0.2) is 5.75 Å². The van der Waals surface area contributed by atoms with Gasteiger partial charge in [-0.25, -0.2) is 4.79 Å². The number of aromatic amines is 1. The maximum absolute atomic E-state index is 11.3. The predicted octanol–water partition coefficient (Wildman–Crippen LogP) is 3.04. The van der Waals surface area contributed by atoms with Crippen LogP contribution in [0, 0.1) is 0 Å². The van der Waals surface area contributed by atoms with Gasteiger partial charge in [0.1, 0.15) is 0 Å². The number of rotatable bonds is 1. The zero-order valence-corrected chi connectivity index (χ0v) is 9.86. The van der Waals surface area contributed by atoms with E-state index in [9.17, 15) is 4.79 Å². The number of ether oxygens (including phenoxy) is 1. The molecule has 1 aromatic heterocycles. The maximum Gasteiger partial charge on any atom is 0.412 e. The fourth-order valence-corrected chi connectivity index (χ4v) is 2.08. The summed E-state index contributed by atoms with van der Waals surface area (Å²) in [5.41, 5.74) is 1.86. The Bertz CT molecular complexity index is 731. The second kappa shape index (κ2) is 4.07. The molecule has 0 atom stereocenters. The molecular weight excluding hydrogens is 228 g/mol. The summed E-state index contributed by atoms with van der Waals surface area (Å²) in [6.07, 6.45) is -0.471. The monoisotopic (exact) mass is 240 g/mol. The zero-order chi connectivity index (χ0) is 12.5. The number of carbonyl (C=O) groups excluding carboxylic acids is 1. The third-order valence-corrected chi connectivity index (χ3v) is 2.91. The Morgan fingerprint density at radius 2 is 1.89 bits per heavy atom. The van der Waals surface area contributed by atoms with Crippen molar-refractivity contribution in [2.45, 2.75) is 0 Å². The van der Waals surface area contributed by atoms with E-state index in [1.807, 2.05) is 36.4 Å². The van der Waals surface area contributed by atoms with E-state index in [-0.39, 0.29) is 0 Å². The van der Waals surface area contributed by atoms with Crippen LogP contribution in [0.1, 0.15) is 0 Å². The Balaban J connectivity index is 2.24. The Labute approximate surface area is 104 Å². The van der Waals surface area contributed by atoms with Crippen molar-refractivity contribution in [3.05, 3.63) is 42.5 Å². The second-order valence-corrected chi connectivity index (χ2v) is 3.99. The van der Waals surface area contributed by atoms with E-state index in [0.717, 1.165) is 21.8 Å². The lowest BCUT2D eigenvalue weighted by molar-refractivity contribution is 0.203. The Hall–Kier alpha value is -2.49. The summed E-state index contributed by atoms with van der Waals surface area (Å²) in [7, 11) is 1.54. The van der Waals surface area contributed by atoms with Gasteiger partial charge in [-0.05, 0) is 12.1 Å². The molecule has 90 valence electrons. The van der Waals surface area contributed by atoms with Crippen molar-refractivity contribution in [1.29, 1.82) is 0 Å². The summed E-state index contributed by atoms with van der Waals surface area (Å²) in [4.78, 5) is 14.6. The van der Waals surface area contributed by atoms with Crippen LogP contribution in [0.3, 0.4) is 0 Å². The van der Waals surface area contributed by atoms with E-state index in [0.29, 0.717) is 5.75 Å². The predicted molar refractivity (Wildman–Crippen MR) is 70.9 cm³/mol. The van der Waals surface area contributed by atoms with Crippen LogP contribution in [-0.2, 0) is 0 Å². The van der Waals surface area contributed by atoms with Crippen molar-refractivity contribution >= 4 is 27.9 Å². The number of amides is 1. The molecule has 0 aliphatic rings. The average Bonchev–Trinajstić information content (AvgIpc) is 2.78. The quantitative estimate of drug-likeness (QED) is 0.687. The Morgan fingerprint density at radius 3 is 2.72 bits per heavy atom. The number of hydrogen-bond acceptors (Lipinski definition) is 2. The molecule has 1 heterocycles. The van der Waals surface area contributed by atoms with Gasteiger partial charge in [-0.1, -0.05) is 30.3 Å². The number of para-hydroxylation sites is 2. The van der Waals surface area contributed by atoms with Crippen LogP contribution in [0.25, 0.3) is 21.8 Å². The van der Waals surface area contributed by atoms with E-state index >= 15 is 0 Å². The Kier molecular flexibility index (Phi) is 2.41. The molecule has 0 aliphatic heterocycles. The van der Waals surface area contributed by atoms with Gasteiger partial charge in [0.25, 0.3) is 0 Å². The van der Waals surface area contributed by atoms with Gasteiger partial charge in [0.05, 0.1) is 5.52 Å². The first-order valence-corrected chi connectivity index (χ1v) is 5.68. The molecule has 0 radical (unpaired) electrons. The van der Waals surface area contributed by atoms with Crippen molar-refractivity contribution in [1.82, 2.24) is 10.3 Å². The first-order valence-electron chi connectivity index (χ1n) is 5.68. The maximum atomic E-state index is 11.3. The molecule has 3 rings (SSSR count). The summed E-state index contributed by atoms with van der Waals surface area (Å²) in [5, 5.41) is 4.61. The van der Waals surface area contributed by atoms with E-state index in [4.69, 9.17) is 4.74 Å². The molecule has 0 fully saturated rings. The van der Waals surface area contributed by atoms with Crippen LogP contribution in [-0.4, -0.2) is 18.1 Å². The van der Waals surface area contributed by atoms with Crippen molar-refractivity contribution in [2.24, 2.45) is 0 Å². The minimum absolute atomic E-state index is 0.471. The minimum atomic E-state index is -0.471. The summed E-state index contributed by atoms with van der Waals surface area (Å²) in [6.45, 7) is 0. The van der Waals surface area contributed by atoms with Crippen LogP contribution in [0.5, 0.6) is 5.75 Å². The highest BCUT2D eigenvalue weighted by Gasteiger charge is 2.10. The zero-order valence-electron chi connectivity index (χ0n) is 9.86. The van der Waals surface area contributed by atoms with Crippen LogP contribution >= 0.6 is 0 Å². The normalized spacial score (nSPS) is 10.7. The van der Waals surface area contributed by atoms with Gasteiger partial charge in [-0.15, -0.1) is 0 Å². The van der Waals surface area contributed by atoms with Crippen molar-refractivity contribution in [2.75, 3.05) is 7.05 Å². The number of carbonyl (C=O) groups is 1. The Morgan fingerprint density at radius 1 is 1.11 bits per heavy atom. The molecule has 18 heavy (non-hydrogen) atoms. The average molecular weight is 240 g/mol. The highest BCUT2D eigenvalue weighted by Crippen LogP contribution is 2.31. The van der Waals surface area contributed by atoms with E-state index in [1.165, 1.54) is 7.05 Å². The second-order valence-electron chi connectivity index (χ2n) is 3.99. The molecule has 0 saturated heterocycles. The minimum Gasteiger partial charge on any atom is -0.408 e. The molecule has 4 heteroatoms. The van der Waals surface area contributed by atoms with Crippen molar-refractivity contribution in [3.63, 3.8) is 0 Å². The lowest BCUT2D eigenvalue weighted by atomic mass is 10.1.